The van der Waals surface area contributed by atoms with Crippen molar-refractivity contribution in [3.05, 3.63) is 34.1 Å². The van der Waals surface area contributed by atoms with Crippen molar-refractivity contribution >= 4 is 15.9 Å². The minimum Gasteiger partial charge on any atom is -0.372 e. The highest BCUT2D eigenvalue weighted by Gasteiger charge is 2.14. The fourth-order valence-corrected chi connectivity index (χ4v) is 1.63. The number of halogens is 2. The molecule has 0 heterocycles. The summed E-state index contributed by atoms with van der Waals surface area (Å²) >= 11 is 3.28. The summed E-state index contributed by atoms with van der Waals surface area (Å²) in [5.41, 5.74) is 6.01. The van der Waals surface area contributed by atoms with E-state index in [1.807, 2.05) is 6.92 Å². The van der Waals surface area contributed by atoms with Crippen molar-refractivity contribution in [1.82, 2.24) is 0 Å². The summed E-state index contributed by atoms with van der Waals surface area (Å²) in [6, 6.07) is 4.75. The summed E-state index contributed by atoms with van der Waals surface area (Å²) in [4.78, 5) is 0. The molecular weight excluding hydrogens is 249 g/mol. The first kappa shape index (κ1) is 11.6. The molecule has 1 unspecified atom stereocenters. The Hall–Kier alpha value is -0.450. The second-order valence-corrected chi connectivity index (χ2v) is 3.76. The number of hydrogen-bond donors (Lipinski definition) is 1. The Labute approximate surface area is 91.4 Å². The molecule has 0 aliphatic carbocycles. The maximum absolute atomic E-state index is 13.4. The minimum atomic E-state index is -0.363. The van der Waals surface area contributed by atoms with Crippen LogP contribution in [0.1, 0.15) is 18.6 Å². The topological polar surface area (TPSA) is 35.2 Å². The smallest absolute Gasteiger partial charge is 0.129 e. The van der Waals surface area contributed by atoms with E-state index in [-0.39, 0.29) is 18.5 Å². The van der Waals surface area contributed by atoms with Crippen LogP contribution in [0.15, 0.2) is 22.7 Å². The Bertz CT molecular complexity index is 306. The van der Waals surface area contributed by atoms with E-state index in [0.29, 0.717) is 12.2 Å². The first-order valence-corrected chi connectivity index (χ1v) is 5.25. The van der Waals surface area contributed by atoms with Crippen LogP contribution in [0.3, 0.4) is 0 Å². The van der Waals surface area contributed by atoms with Gasteiger partial charge in [0.15, 0.2) is 0 Å². The molecule has 0 aromatic heterocycles. The molecule has 0 saturated heterocycles. The molecule has 1 atom stereocenters. The van der Waals surface area contributed by atoms with Crippen LogP contribution >= 0.6 is 15.9 Å². The SMILES string of the molecule is CCOC(CN)c1cc(Br)ccc1F. The lowest BCUT2D eigenvalue weighted by Gasteiger charge is -2.16. The number of nitrogens with two attached hydrogens (primary N) is 1. The molecule has 2 nitrogen and oxygen atoms in total. The van der Waals surface area contributed by atoms with E-state index in [2.05, 4.69) is 15.9 Å². The number of benzene rings is 1. The van der Waals surface area contributed by atoms with Crippen LogP contribution in [0.2, 0.25) is 0 Å². The summed E-state index contributed by atoms with van der Waals surface area (Å²) in [5.74, 6) is -0.280. The van der Waals surface area contributed by atoms with Gasteiger partial charge in [0.25, 0.3) is 0 Å². The first-order valence-electron chi connectivity index (χ1n) is 4.45. The Kier molecular flexibility index (Phi) is 4.51. The first-order chi connectivity index (χ1) is 6.69. The molecule has 0 radical (unpaired) electrons. The Morgan fingerprint density at radius 1 is 1.57 bits per heavy atom. The molecule has 1 rings (SSSR count). The van der Waals surface area contributed by atoms with Crippen LogP contribution in [-0.2, 0) is 4.74 Å². The summed E-state index contributed by atoms with van der Waals surface area (Å²) in [6.07, 6.45) is -0.363. The van der Waals surface area contributed by atoms with Gasteiger partial charge in [-0.1, -0.05) is 15.9 Å². The molecule has 2 N–H and O–H groups in total. The molecule has 1 aromatic carbocycles. The quantitative estimate of drug-likeness (QED) is 0.905. The second-order valence-electron chi connectivity index (χ2n) is 2.85. The highest BCUT2D eigenvalue weighted by atomic mass is 79.9. The van der Waals surface area contributed by atoms with Gasteiger partial charge in [-0.05, 0) is 25.1 Å². The lowest BCUT2D eigenvalue weighted by Crippen LogP contribution is -2.17. The summed E-state index contributed by atoms with van der Waals surface area (Å²) in [7, 11) is 0. The standard InChI is InChI=1S/C10H13BrFNO/c1-2-14-10(6-13)8-5-7(11)3-4-9(8)12/h3-5,10H,2,6,13H2,1H3. The van der Waals surface area contributed by atoms with Crippen LogP contribution in [0, 0.1) is 5.82 Å². The fourth-order valence-electron chi connectivity index (χ4n) is 1.25. The maximum atomic E-state index is 13.4. The van der Waals surface area contributed by atoms with Crippen molar-refractivity contribution in [2.45, 2.75) is 13.0 Å². The third kappa shape index (κ3) is 2.77. The van der Waals surface area contributed by atoms with Crippen LogP contribution in [0.25, 0.3) is 0 Å². The van der Waals surface area contributed by atoms with Crippen molar-refractivity contribution in [2.24, 2.45) is 5.73 Å². The van der Waals surface area contributed by atoms with Gasteiger partial charge in [-0.3, -0.25) is 0 Å². The van der Waals surface area contributed by atoms with E-state index in [1.165, 1.54) is 6.07 Å². The van der Waals surface area contributed by atoms with Crippen LogP contribution in [0.4, 0.5) is 4.39 Å². The van der Waals surface area contributed by atoms with E-state index < -0.39 is 0 Å². The molecule has 1 aromatic rings. The van der Waals surface area contributed by atoms with Crippen molar-refractivity contribution in [3.8, 4) is 0 Å². The van der Waals surface area contributed by atoms with Crippen LogP contribution in [-0.4, -0.2) is 13.2 Å². The molecule has 14 heavy (non-hydrogen) atoms. The highest BCUT2D eigenvalue weighted by Crippen LogP contribution is 2.23. The zero-order valence-corrected chi connectivity index (χ0v) is 9.55. The Morgan fingerprint density at radius 2 is 2.29 bits per heavy atom. The number of hydrogen-bond acceptors (Lipinski definition) is 2. The van der Waals surface area contributed by atoms with Crippen LogP contribution < -0.4 is 5.73 Å². The van der Waals surface area contributed by atoms with Crippen molar-refractivity contribution in [2.75, 3.05) is 13.2 Å². The number of rotatable bonds is 4. The summed E-state index contributed by atoms with van der Waals surface area (Å²) in [6.45, 7) is 2.66. The molecule has 0 aliphatic rings. The predicted octanol–water partition coefficient (Wildman–Crippen LogP) is 2.62. The lowest BCUT2D eigenvalue weighted by molar-refractivity contribution is 0.0662. The van der Waals surface area contributed by atoms with Gasteiger partial charge in [0.2, 0.25) is 0 Å². The lowest BCUT2D eigenvalue weighted by atomic mass is 10.1. The third-order valence-corrected chi connectivity index (χ3v) is 2.38. The summed E-state index contributed by atoms with van der Waals surface area (Å²) < 4.78 is 19.5. The third-order valence-electron chi connectivity index (χ3n) is 1.89. The van der Waals surface area contributed by atoms with Gasteiger partial charge in [0.05, 0.1) is 6.10 Å². The molecule has 0 bridgehead atoms. The molecule has 0 aliphatic heterocycles. The van der Waals surface area contributed by atoms with Gasteiger partial charge < -0.3 is 10.5 Å². The van der Waals surface area contributed by atoms with E-state index in [4.69, 9.17) is 10.5 Å². The van der Waals surface area contributed by atoms with E-state index in [9.17, 15) is 4.39 Å². The molecule has 0 saturated carbocycles. The largest absolute Gasteiger partial charge is 0.372 e. The maximum Gasteiger partial charge on any atom is 0.129 e. The van der Waals surface area contributed by atoms with Gasteiger partial charge in [-0.15, -0.1) is 0 Å². The Balaban J connectivity index is 2.96. The molecule has 4 heteroatoms. The minimum absolute atomic E-state index is 0.279. The fraction of sp³-hybridized carbons (Fsp3) is 0.400. The van der Waals surface area contributed by atoms with Crippen molar-refractivity contribution < 1.29 is 9.13 Å². The molecule has 78 valence electrons. The van der Waals surface area contributed by atoms with E-state index in [0.717, 1.165) is 4.47 Å². The second kappa shape index (κ2) is 5.44. The normalized spacial score (nSPS) is 12.9. The average molecular weight is 262 g/mol. The van der Waals surface area contributed by atoms with Gasteiger partial charge in [-0.2, -0.15) is 0 Å². The van der Waals surface area contributed by atoms with Gasteiger partial charge in [0.1, 0.15) is 5.82 Å². The van der Waals surface area contributed by atoms with E-state index >= 15 is 0 Å². The van der Waals surface area contributed by atoms with Crippen LogP contribution in [0.5, 0.6) is 0 Å². The van der Waals surface area contributed by atoms with Crippen molar-refractivity contribution in [3.63, 3.8) is 0 Å². The van der Waals surface area contributed by atoms with Gasteiger partial charge in [0, 0.05) is 23.2 Å². The zero-order valence-electron chi connectivity index (χ0n) is 7.97. The zero-order chi connectivity index (χ0) is 10.6. The Morgan fingerprint density at radius 3 is 2.86 bits per heavy atom. The summed E-state index contributed by atoms with van der Waals surface area (Å²) in [5, 5.41) is 0. The average Bonchev–Trinajstić information content (AvgIpc) is 2.18. The molecular formula is C10H13BrFNO. The highest BCUT2D eigenvalue weighted by molar-refractivity contribution is 9.10. The number of ether oxygens (including phenoxy) is 1. The predicted molar refractivity (Wildman–Crippen MR) is 57.5 cm³/mol. The van der Waals surface area contributed by atoms with Gasteiger partial charge in [-0.25, -0.2) is 4.39 Å². The molecule has 0 spiro atoms. The monoisotopic (exact) mass is 261 g/mol. The van der Waals surface area contributed by atoms with Crippen molar-refractivity contribution in [1.29, 1.82) is 0 Å². The van der Waals surface area contributed by atoms with E-state index in [1.54, 1.807) is 12.1 Å². The molecule has 0 fully saturated rings. The van der Waals surface area contributed by atoms with Gasteiger partial charge >= 0.3 is 0 Å². The molecule has 0 amide bonds.